The van der Waals surface area contributed by atoms with Crippen molar-refractivity contribution in [2.45, 2.75) is 0 Å². The van der Waals surface area contributed by atoms with Crippen LogP contribution in [0, 0.1) is 0 Å². The van der Waals surface area contributed by atoms with Crippen molar-refractivity contribution < 1.29 is 34.1 Å². The van der Waals surface area contributed by atoms with Crippen LogP contribution in [0.4, 0.5) is 0 Å². The standard InChI is InChI=1S/C12H7ClO7/c13-9(12(17)18)8(11(15)16)10(14)5-1-2-6-7(3-5)20-4-19-6/h1-3H,4H2,(H,15,16)(H,17,18)/b9-8+. The molecule has 0 radical (unpaired) electrons. The maximum Gasteiger partial charge on any atom is 0.348 e. The monoisotopic (exact) mass is 298 g/mol. The topological polar surface area (TPSA) is 110 Å². The van der Waals surface area contributed by atoms with E-state index in [1.807, 2.05) is 0 Å². The zero-order valence-corrected chi connectivity index (χ0v) is 10.5. The molecule has 1 aliphatic rings. The van der Waals surface area contributed by atoms with Gasteiger partial charge >= 0.3 is 11.9 Å². The summed E-state index contributed by atoms with van der Waals surface area (Å²) in [6.45, 7) is -0.00944. The molecule has 1 aliphatic heterocycles. The van der Waals surface area contributed by atoms with Crippen LogP contribution >= 0.6 is 11.6 Å². The van der Waals surface area contributed by atoms with E-state index in [0.29, 0.717) is 5.75 Å². The van der Waals surface area contributed by atoms with Crippen LogP contribution in [0.25, 0.3) is 0 Å². The Kier molecular flexibility index (Phi) is 3.62. The van der Waals surface area contributed by atoms with Gasteiger partial charge in [-0.3, -0.25) is 4.79 Å². The highest BCUT2D eigenvalue weighted by Gasteiger charge is 2.28. The molecular formula is C12H7ClO7. The number of carboxylic acids is 2. The third-order valence-electron chi connectivity index (χ3n) is 2.48. The van der Waals surface area contributed by atoms with Crippen molar-refractivity contribution in [1.29, 1.82) is 0 Å². The van der Waals surface area contributed by atoms with Crippen molar-refractivity contribution in [2.24, 2.45) is 0 Å². The third kappa shape index (κ3) is 2.43. The Bertz CT molecular complexity index is 647. The van der Waals surface area contributed by atoms with Crippen LogP contribution in [0.3, 0.4) is 0 Å². The summed E-state index contributed by atoms with van der Waals surface area (Å²) in [6, 6.07) is 3.98. The number of ketones is 1. The molecule has 0 bridgehead atoms. The normalized spacial score (nSPS) is 13.7. The molecule has 2 rings (SSSR count). The minimum absolute atomic E-state index is 0.00944. The van der Waals surface area contributed by atoms with Crippen molar-refractivity contribution in [2.75, 3.05) is 6.79 Å². The highest BCUT2D eigenvalue weighted by atomic mass is 35.5. The first-order valence-corrected chi connectivity index (χ1v) is 5.60. The second-order valence-corrected chi connectivity index (χ2v) is 4.07. The van der Waals surface area contributed by atoms with Crippen molar-refractivity contribution >= 4 is 29.3 Å². The van der Waals surface area contributed by atoms with Crippen LogP contribution in [0.15, 0.2) is 28.8 Å². The van der Waals surface area contributed by atoms with Gasteiger partial charge in [0.25, 0.3) is 0 Å². The number of Topliss-reactive ketones (excluding diaryl/α,β-unsaturated/α-hetero) is 1. The summed E-state index contributed by atoms with van der Waals surface area (Å²) in [5, 5.41) is 16.6. The second-order valence-electron chi connectivity index (χ2n) is 3.70. The number of hydrogen-bond acceptors (Lipinski definition) is 5. The molecule has 0 aromatic heterocycles. The average molecular weight is 299 g/mol. The molecule has 0 saturated carbocycles. The Morgan fingerprint density at radius 2 is 1.70 bits per heavy atom. The van der Waals surface area contributed by atoms with Crippen molar-refractivity contribution in [3.8, 4) is 11.5 Å². The number of benzene rings is 1. The summed E-state index contributed by atoms with van der Waals surface area (Å²) >= 11 is 5.36. The fraction of sp³-hybridized carbons (Fsp3) is 0.0833. The Balaban J connectivity index is 2.46. The number of fused-ring (bicyclic) bond motifs is 1. The molecule has 0 saturated heterocycles. The van der Waals surface area contributed by atoms with Crippen molar-refractivity contribution in [1.82, 2.24) is 0 Å². The van der Waals surface area contributed by atoms with Crippen LogP contribution in [0.5, 0.6) is 11.5 Å². The van der Waals surface area contributed by atoms with E-state index in [9.17, 15) is 14.4 Å². The van der Waals surface area contributed by atoms with Gasteiger partial charge in [-0.1, -0.05) is 11.6 Å². The zero-order valence-electron chi connectivity index (χ0n) is 9.75. The van der Waals surface area contributed by atoms with Gasteiger partial charge in [0.15, 0.2) is 11.5 Å². The largest absolute Gasteiger partial charge is 0.477 e. The molecule has 0 unspecified atom stereocenters. The number of carbonyl (C=O) groups is 3. The van der Waals surface area contributed by atoms with E-state index in [1.165, 1.54) is 18.2 Å². The number of hydrogen-bond donors (Lipinski definition) is 2. The van der Waals surface area contributed by atoms with Gasteiger partial charge in [-0.05, 0) is 18.2 Å². The summed E-state index contributed by atoms with van der Waals surface area (Å²) in [6.07, 6.45) is 0. The summed E-state index contributed by atoms with van der Waals surface area (Å²) in [4.78, 5) is 33.8. The third-order valence-corrected chi connectivity index (χ3v) is 2.83. The molecule has 0 spiro atoms. The van der Waals surface area contributed by atoms with E-state index in [2.05, 4.69) is 0 Å². The summed E-state index contributed by atoms with van der Waals surface area (Å²) < 4.78 is 10.1. The molecule has 104 valence electrons. The number of carbonyl (C=O) groups excluding carboxylic acids is 1. The van der Waals surface area contributed by atoms with Gasteiger partial charge < -0.3 is 19.7 Å². The number of carboxylic acid groups (broad SMARTS) is 2. The predicted octanol–water partition coefficient (Wildman–Crippen LogP) is 1.26. The van der Waals surface area contributed by atoms with Crippen LogP contribution in [-0.2, 0) is 9.59 Å². The molecular weight excluding hydrogens is 292 g/mol. The zero-order chi connectivity index (χ0) is 14.9. The van der Waals surface area contributed by atoms with Gasteiger partial charge in [-0.2, -0.15) is 0 Å². The number of aliphatic carboxylic acids is 2. The maximum absolute atomic E-state index is 12.0. The number of halogens is 1. The quantitative estimate of drug-likeness (QED) is 0.372. The number of ether oxygens (including phenoxy) is 2. The summed E-state index contributed by atoms with van der Waals surface area (Å²) in [5.41, 5.74) is -1.08. The van der Waals surface area contributed by atoms with Crippen molar-refractivity contribution in [3.63, 3.8) is 0 Å². The van der Waals surface area contributed by atoms with Gasteiger partial charge in [0.2, 0.25) is 12.6 Å². The van der Waals surface area contributed by atoms with Gasteiger partial charge in [0, 0.05) is 5.56 Å². The highest BCUT2D eigenvalue weighted by Crippen LogP contribution is 2.33. The van der Waals surface area contributed by atoms with Gasteiger partial charge in [-0.15, -0.1) is 0 Å². The van der Waals surface area contributed by atoms with Crippen LogP contribution in [0.1, 0.15) is 10.4 Å². The molecule has 0 amide bonds. The first-order valence-electron chi connectivity index (χ1n) is 5.22. The van der Waals surface area contributed by atoms with Gasteiger partial charge in [0.05, 0.1) is 0 Å². The molecule has 0 aliphatic carbocycles. The summed E-state index contributed by atoms with van der Waals surface area (Å²) in [5.74, 6) is -3.76. The number of rotatable bonds is 4. The van der Waals surface area contributed by atoms with Gasteiger partial charge in [-0.25, -0.2) is 9.59 Å². The van der Waals surface area contributed by atoms with Crippen LogP contribution < -0.4 is 9.47 Å². The Hall–Kier alpha value is -2.54. The minimum atomic E-state index is -1.72. The highest BCUT2D eigenvalue weighted by molar-refractivity contribution is 6.46. The Morgan fingerprint density at radius 3 is 2.30 bits per heavy atom. The van der Waals surface area contributed by atoms with E-state index < -0.39 is 28.3 Å². The summed E-state index contributed by atoms with van der Waals surface area (Å²) in [7, 11) is 0. The van der Waals surface area contributed by atoms with Crippen LogP contribution in [0.2, 0.25) is 0 Å². The fourth-order valence-corrected chi connectivity index (χ4v) is 1.75. The molecule has 8 heteroatoms. The van der Waals surface area contributed by atoms with Gasteiger partial charge in [0.1, 0.15) is 10.6 Å². The lowest BCUT2D eigenvalue weighted by molar-refractivity contribution is -0.135. The molecule has 1 heterocycles. The lowest BCUT2D eigenvalue weighted by atomic mass is 10.0. The molecule has 1 aromatic rings. The van der Waals surface area contributed by atoms with E-state index in [-0.39, 0.29) is 18.1 Å². The van der Waals surface area contributed by atoms with E-state index in [4.69, 9.17) is 31.3 Å². The fourth-order valence-electron chi connectivity index (χ4n) is 1.58. The smallest absolute Gasteiger partial charge is 0.348 e. The van der Waals surface area contributed by atoms with Crippen LogP contribution in [-0.4, -0.2) is 34.7 Å². The predicted molar refractivity (Wildman–Crippen MR) is 65.0 cm³/mol. The SMILES string of the molecule is O=C(O)/C(Cl)=C(\C(=O)O)C(=O)c1ccc2c(c1)OCO2. The molecule has 20 heavy (non-hydrogen) atoms. The Morgan fingerprint density at radius 1 is 1.05 bits per heavy atom. The first-order chi connectivity index (χ1) is 9.41. The molecule has 0 fully saturated rings. The maximum atomic E-state index is 12.0. The van der Waals surface area contributed by atoms with E-state index >= 15 is 0 Å². The average Bonchev–Trinajstić information content (AvgIpc) is 2.85. The Labute approximate surface area is 117 Å². The van der Waals surface area contributed by atoms with E-state index in [1.54, 1.807) is 0 Å². The second kappa shape index (κ2) is 5.22. The lowest BCUT2D eigenvalue weighted by Gasteiger charge is -2.04. The molecule has 1 aromatic carbocycles. The molecule has 0 atom stereocenters. The van der Waals surface area contributed by atoms with E-state index in [0.717, 1.165) is 0 Å². The lowest BCUT2D eigenvalue weighted by Crippen LogP contribution is -2.17. The molecule has 2 N–H and O–H groups in total. The van der Waals surface area contributed by atoms with Crippen molar-refractivity contribution in [3.05, 3.63) is 34.4 Å². The minimum Gasteiger partial charge on any atom is -0.477 e. The molecule has 7 nitrogen and oxygen atoms in total. The first kappa shape index (κ1) is 13.9.